The maximum absolute atomic E-state index is 12.7. The Morgan fingerprint density at radius 3 is 2.75 bits per heavy atom. The smallest absolute Gasteiger partial charge is 0.317 e. The minimum atomic E-state index is -0.756. The topological polar surface area (TPSA) is 43.4 Å². The molecule has 0 amide bonds. The van der Waals surface area contributed by atoms with Crippen LogP contribution in [0.2, 0.25) is 0 Å². The van der Waals surface area contributed by atoms with Crippen molar-refractivity contribution in [3.05, 3.63) is 63.9 Å². The molecule has 1 aromatic carbocycles. The third kappa shape index (κ3) is 3.20. The van der Waals surface area contributed by atoms with E-state index < -0.39 is 11.9 Å². The van der Waals surface area contributed by atoms with Gasteiger partial charge in [0.25, 0.3) is 0 Å². The van der Waals surface area contributed by atoms with Gasteiger partial charge in [0.1, 0.15) is 5.92 Å². The Hall–Kier alpha value is -2.20. The summed E-state index contributed by atoms with van der Waals surface area (Å²) in [4.78, 5) is 25.2. The fourth-order valence-electron chi connectivity index (χ4n) is 3.33. The first-order chi connectivity index (χ1) is 11.6. The molecule has 0 bridgehead atoms. The minimum absolute atomic E-state index is 0.158. The van der Waals surface area contributed by atoms with E-state index in [9.17, 15) is 9.59 Å². The third-order valence-corrected chi connectivity index (χ3v) is 5.17. The highest BCUT2D eigenvalue weighted by atomic mass is 32.1. The van der Waals surface area contributed by atoms with Gasteiger partial charge in [0.15, 0.2) is 5.78 Å². The number of hydrogen-bond acceptors (Lipinski definition) is 4. The summed E-state index contributed by atoms with van der Waals surface area (Å²) in [6, 6.07) is 9.97. The van der Waals surface area contributed by atoms with Gasteiger partial charge in [0, 0.05) is 5.92 Å². The minimum Gasteiger partial charge on any atom is -0.465 e. The zero-order chi connectivity index (χ0) is 17.1. The van der Waals surface area contributed by atoms with Crippen molar-refractivity contribution < 1.29 is 14.3 Å². The van der Waals surface area contributed by atoms with Crippen molar-refractivity contribution in [2.75, 3.05) is 6.61 Å². The van der Waals surface area contributed by atoms with Crippen LogP contribution in [0, 0.1) is 12.8 Å². The van der Waals surface area contributed by atoms with Gasteiger partial charge < -0.3 is 4.74 Å². The van der Waals surface area contributed by atoms with Gasteiger partial charge in [0.05, 0.1) is 6.61 Å². The molecule has 1 heterocycles. The lowest BCUT2D eigenvalue weighted by molar-refractivity contribution is -0.151. The van der Waals surface area contributed by atoms with Crippen molar-refractivity contribution in [2.24, 2.45) is 5.92 Å². The molecule has 1 aromatic heterocycles. The second-order valence-electron chi connectivity index (χ2n) is 5.98. The largest absolute Gasteiger partial charge is 0.465 e. The van der Waals surface area contributed by atoms with Crippen molar-refractivity contribution in [3.63, 3.8) is 0 Å². The van der Waals surface area contributed by atoms with Crippen LogP contribution in [0.5, 0.6) is 0 Å². The predicted octanol–water partition coefficient (Wildman–Crippen LogP) is 4.38. The quantitative estimate of drug-likeness (QED) is 0.613. The molecule has 1 aliphatic rings. The normalized spacial score (nSPS) is 20.6. The van der Waals surface area contributed by atoms with Crippen molar-refractivity contribution >= 4 is 28.7 Å². The van der Waals surface area contributed by atoms with Crippen molar-refractivity contribution in [1.82, 2.24) is 0 Å². The molecule has 2 atom stereocenters. The standard InChI is InChI=1S/C20H20O3S/c1-3-23-20(22)19-17(16-7-5-4-6-13(16)2)10-15(11-18(19)21)14-8-9-24-12-14/h4-9,11-12,17,19H,3,10H2,1-2H3. The molecule has 0 radical (unpaired) electrons. The number of carbonyl (C=O) groups is 2. The van der Waals surface area contributed by atoms with E-state index in [4.69, 9.17) is 4.74 Å². The summed E-state index contributed by atoms with van der Waals surface area (Å²) in [5, 5.41) is 4.04. The van der Waals surface area contributed by atoms with Gasteiger partial charge in [0.2, 0.25) is 0 Å². The number of rotatable bonds is 4. The lowest BCUT2D eigenvalue weighted by Crippen LogP contribution is -2.34. The number of carbonyl (C=O) groups excluding carboxylic acids is 2. The predicted molar refractivity (Wildman–Crippen MR) is 96.0 cm³/mol. The van der Waals surface area contributed by atoms with Crippen LogP contribution in [-0.2, 0) is 14.3 Å². The molecule has 0 aliphatic heterocycles. The molecule has 1 aliphatic carbocycles. The summed E-state index contributed by atoms with van der Waals surface area (Å²) in [6.45, 7) is 4.06. The molecule has 124 valence electrons. The Balaban J connectivity index is 2.04. The van der Waals surface area contributed by atoms with E-state index in [-0.39, 0.29) is 18.3 Å². The third-order valence-electron chi connectivity index (χ3n) is 4.49. The Morgan fingerprint density at radius 2 is 2.08 bits per heavy atom. The molecule has 0 saturated carbocycles. The van der Waals surface area contributed by atoms with E-state index in [1.54, 1.807) is 24.3 Å². The Bertz CT molecular complexity index is 774. The highest BCUT2D eigenvalue weighted by molar-refractivity contribution is 7.08. The van der Waals surface area contributed by atoms with Crippen LogP contribution >= 0.6 is 11.3 Å². The molecule has 0 N–H and O–H groups in total. The average Bonchev–Trinajstić information content (AvgIpc) is 3.09. The maximum atomic E-state index is 12.7. The fourth-order valence-corrected chi connectivity index (χ4v) is 4.01. The zero-order valence-electron chi connectivity index (χ0n) is 13.8. The second kappa shape index (κ2) is 7.14. The fraction of sp³-hybridized carbons (Fsp3) is 0.300. The molecule has 3 nitrogen and oxygen atoms in total. The van der Waals surface area contributed by atoms with Crippen LogP contribution in [-0.4, -0.2) is 18.4 Å². The van der Waals surface area contributed by atoms with Gasteiger partial charge in [-0.1, -0.05) is 24.3 Å². The van der Waals surface area contributed by atoms with Crippen LogP contribution in [0.25, 0.3) is 5.57 Å². The highest BCUT2D eigenvalue weighted by Crippen LogP contribution is 2.41. The molecule has 0 fully saturated rings. The SMILES string of the molecule is CCOC(=O)C1C(=O)C=C(c2ccsc2)CC1c1ccccc1C. The van der Waals surface area contributed by atoms with E-state index in [2.05, 4.69) is 0 Å². The van der Waals surface area contributed by atoms with Gasteiger partial charge >= 0.3 is 5.97 Å². The van der Waals surface area contributed by atoms with Crippen molar-refractivity contribution in [1.29, 1.82) is 0 Å². The summed E-state index contributed by atoms with van der Waals surface area (Å²) >= 11 is 1.61. The maximum Gasteiger partial charge on any atom is 0.317 e. The average molecular weight is 340 g/mol. The summed E-state index contributed by atoms with van der Waals surface area (Å²) in [6.07, 6.45) is 2.29. The van der Waals surface area contributed by atoms with E-state index in [1.165, 1.54) is 0 Å². The van der Waals surface area contributed by atoms with Crippen molar-refractivity contribution in [2.45, 2.75) is 26.2 Å². The lowest BCUT2D eigenvalue weighted by Gasteiger charge is -2.30. The van der Waals surface area contributed by atoms with Gasteiger partial charge in [-0.05, 0) is 65.4 Å². The van der Waals surface area contributed by atoms with Crippen LogP contribution in [0.15, 0.2) is 47.2 Å². The number of thiophene rings is 1. The number of hydrogen-bond donors (Lipinski definition) is 0. The van der Waals surface area contributed by atoms with Gasteiger partial charge in [-0.3, -0.25) is 9.59 Å². The summed E-state index contributed by atoms with van der Waals surface area (Å²) in [5.74, 6) is -1.52. The van der Waals surface area contributed by atoms with Crippen LogP contribution < -0.4 is 0 Å². The Labute approximate surface area is 146 Å². The highest BCUT2D eigenvalue weighted by Gasteiger charge is 2.40. The van der Waals surface area contributed by atoms with Crippen LogP contribution in [0.1, 0.15) is 36.0 Å². The number of ketones is 1. The number of ether oxygens (including phenoxy) is 1. The van der Waals surface area contributed by atoms with Crippen LogP contribution in [0.4, 0.5) is 0 Å². The monoisotopic (exact) mass is 340 g/mol. The van der Waals surface area contributed by atoms with Crippen molar-refractivity contribution in [3.8, 4) is 0 Å². The number of aryl methyl sites for hydroxylation is 1. The van der Waals surface area contributed by atoms with E-state index in [0.29, 0.717) is 6.42 Å². The number of esters is 1. The summed E-state index contributed by atoms with van der Waals surface area (Å²) in [7, 11) is 0. The number of allylic oxidation sites excluding steroid dienone is 2. The van der Waals surface area contributed by atoms with E-state index in [0.717, 1.165) is 22.3 Å². The van der Waals surface area contributed by atoms with Crippen LogP contribution in [0.3, 0.4) is 0 Å². The molecular weight excluding hydrogens is 320 g/mol. The van der Waals surface area contributed by atoms with E-state index in [1.807, 2.05) is 48.0 Å². The van der Waals surface area contributed by atoms with E-state index >= 15 is 0 Å². The molecule has 0 spiro atoms. The molecule has 3 rings (SSSR count). The zero-order valence-corrected chi connectivity index (χ0v) is 14.6. The Morgan fingerprint density at radius 1 is 1.29 bits per heavy atom. The second-order valence-corrected chi connectivity index (χ2v) is 6.76. The first-order valence-corrected chi connectivity index (χ1v) is 9.05. The molecule has 0 saturated heterocycles. The van der Waals surface area contributed by atoms with Gasteiger partial charge in [-0.2, -0.15) is 11.3 Å². The molecule has 24 heavy (non-hydrogen) atoms. The molecule has 4 heteroatoms. The molecular formula is C20H20O3S. The number of benzene rings is 1. The lowest BCUT2D eigenvalue weighted by atomic mass is 9.73. The van der Waals surface area contributed by atoms with Gasteiger partial charge in [-0.25, -0.2) is 0 Å². The molecule has 2 aromatic rings. The first kappa shape index (κ1) is 16.7. The first-order valence-electron chi connectivity index (χ1n) is 8.11. The summed E-state index contributed by atoms with van der Waals surface area (Å²) < 4.78 is 5.18. The molecule has 2 unspecified atom stereocenters. The Kier molecular flexibility index (Phi) is 4.95. The summed E-state index contributed by atoms with van der Waals surface area (Å²) in [5.41, 5.74) is 4.20. The van der Waals surface area contributed by atoms with Gasteiger partial charge in [-0.15, -0.1) is 0 Å².